The van der Waals surface area contributed by atoms with Crippen LogP contribution in [0, 0.1) is 0 Å². The summed E-state index contributed by atoms with van der Waals surface area (Å²) in [5.41, 5.74) is 0. The van der Waals surface area contributed by atoms with Crippen LogP contribution in [-0.4, -0.2) is 6.29 Å². The van der Waals surface area contributed by atoms with Gasteiger partial charge in [-0.2, -0.15) is 0 Å². The van der Waals surface area contributed by atoms with Crippen LogP contribution in [0.1, 0.15) is 39.0 Å². The molecule has 0 aliphatic carbocycles. The molecule has 0 spiro atoms. The minimum absolute atomic E-state index is 0. The van der Waals surface area contributed by atoms with Gasteiger partial charge in [0, 0.05) is 23.5 Å². The van der Waals surface area contributed by atoms with Crippen LogP contribution in [0.25, 0.3) is 0 Å². The molecule has 0 aromatic rings. The quantitative estimate of drug-likeness (QED) is 0.350. The van der Waals surface area contributed by atoms with Gasteiger partial charge < -0.3 is 4.79 Å². The Morgan fingerprint density at radius 2 is 1.89 bits per heavy atom. The van der Waals surface area contributed by atoms with Crippen molar-refractivity contribution in [1.82, 2.24) is 0 Å². The number of carbonyl (C=O) groups is 1. The molecular formula is C7H14MnO. The van der Waals surface area contributed by atoms with Gasteiger partial charge in [0.15, 0.2) is 0 Å². The van der Waals surface area contributed by atoms with Crippen LogP contribution in [-0.2, 0) is 21.9 Å². The standard InChI is InChI=1S/C7H14O.Mn/c1-2-3-4-5-6-7-8;/h7H,2-6H2,1H3;. The molecule has 0 aliphatic heterocycles. The Labute approximate surface area is 67.7 Å². The number of hydrogen-bond donors (Lipinski definition) is 0. The summed E-state index contributed by atoms with van der Waals surface area (Å²) in [6.45, 7) is 2.17. The van der Waals surface area contributed by atoms with Crippen LogP contribution >= 0.6 is 0 Å². The molecule has 55 valence electrons. The molecule has 1 radical (unpaired) electrons. The van der Waals surface area contributed by atoms with Gasteiger partial charge in [0.25, 0.3) is 0 Å². The zero-order chi connectivity index (χ0) is 6.24. The van der Waals surface area contributed by atoms with Crippen molar-refractivity contribution >= 4 is 6.29 Å². The Kier molecular flexibility index (Phi) is 14.6. The SMILES string of the molecule is CCCCCCC=O.[Mn]. The molecule has 0 bridgehead atoms. The number of carbonyl (C=O) groups excluding carboxylic acids is 1. The fraction of sp³-hybridized carbons (Fsp3) is 0.857. The molecule has 0 unspecified atom stereocenters. The third kappa shape index (κ3) is 11.6. The first-order chi connectivity index (χ1) is 3.91. The van der Waals surface area contributed by atoms with E-state index in [1.807, 2.05) is 0 Å². The third-order valence-electron chi connectivity index (χ3n) is 1.18. The van der Waals surface area contributed by atoms with Crippen molar-refractivity contribution in [3.8, 4) is 0 Å². The van der Waals surface area contributed by atoms with E-state index in [1.54, 1.807) is 0 Å². The summed E-state index contributed by atoms with van der Waals surface area (Å²) in [6, 6.07) is 0. The predicted molar refractivity (Wildman–Crippen MR) is 34.8 cm³/mol. The number of hydrogen-bond acceptors (Lipinski definition) is 1. The second-order valence-corrected chi connectivity index (χ2v) is 2.02. The van der Waals surface area contributed by atoms with Crippen LogP contribution in [0.5, 0.6) is 0 Å². The summed E-state index contributed by atoms with van der Waals surface area (Å²) in [5.74, 6) is 0. The van der Waals surface area contributed by atoms with Gasteiger partial charge in [-0.25, -0.2) is 0 Å². The number of rotatable bonds is 5. The molecule has 0 aromatic heterocycles. The van der Waals surface area contributed by atoms with Crippen molar-refractivity contribution in [2.75, 3.05) is 0 Å². The molecule has 0 N–H and O–H groups in total. The molecule has 1 nitrogen and oxygen atoms in total. The molecule has 0 heterocycles. The van der Waals surface area contributed by atoms with Crippen LogP contribution in [0.15, 0.2) is 0 Å². The van der Waals surface area contributed by atoms with E-state index < -0.39 is 0 Å². The predicted octanol–water partition coefficient (Wildman–Crippen LogP) is 2.15. The molecule has 0 atom stereocenters. The van der Waals surface area contributed by atoms with E-state index in [9.17, 15) is 4.79 Å². The molecule has 0 aromatic carbocycles. The Balaban J connectivity index is 0. The molecule has 0 saturated carbocycles. The average molecular weight is 169 g/mol. The van der Waals surface area contributed by atoms with E-state index in [1.165, 1.54) is 19.3 Å². The Hall–Kier alpha value is 0.189. The van der Waals surface area contributed by atoms with Crippen LogP contribution in [0.4, 0.5) is 0 Å². The van der Waals surface area contributed by atoms with Gasteiger partial charge in [-0.05, 0) is 6.42 Å². The molecule has 0 amide bonds. The van der Waals surface area contributed by atoms with Crippen molar-refractivity contribution in [2.45, 2.75) is 39.0 Å². The number of unbranched alkanes of at least 4 members (excludes halogenated alkanes) is 4. The van der Waals surface area contributed by atoms with E-state index in [0.717, 1.165) is 19.1 Å². The second kappa shape index (κ2) is 11.0. The molecule has 0 rings (SSSR count). The molecule has 2 heteroatoms. The zero-order valence-electron chi connectivity index (χ0n) is 5.90. The van der Waals surface area contributed by atoms with Crippen molar-refractivity contribution < 1.29 is 21.9 Å². The maximum absolute atomic E-state index is 9.77. The molecule has 9 heavy (non-hydrogen) atoms. The van der Waals surface area contributed by atoms with Crippen molar-refractivity contribution in [1.29, 1.82) is 0 Å². The van der Waals surface area contributed by atoms with E-state index in [-0.39, 0.29) is 17.1 Å². The van der Waals surface area contributed by atoms with Crippen LogP contribution in [0.3, 0.4) is 0 Å². The van der Waals surface area contributed by atoms with Gasteiger partial charge in [0.1, 0.15) is 6.29 Å². The third-order valence-corrected chi connectivity index (χ3v) is 1.18. The van der Waals surface area contributed by atoms with E-state index in [4.69, 9.17) is 0 Å². The summed E-state index contributed by atoms with van der Waals surface area (Å²) in [7, 11) is 0. The molecule has 0 fully saturated rings. The summed E-state index contributed by atoms with van der Waals surface area (Å²) >= 11 is 0. The first-order valence-electron chi connectivity index (χ1n) is 3.35. The topological polar surface area (TPSA) is 17.1 Å². The first-order valence-corrected chi connectivity index (χ1v) is 3.35. The maximum atomic E-state index is 9.77. The smallest absolute Gasteiger partial charge is 0.119 e. The van der Waals surface area contributed by atoms with Crippen LogP contribution in [0.2, 0.25) is 0 Å². The summed E-state index contributed by atoms with van der Waals surface area (Å²) in [4.78, 5) is 9.77. The van der Waals surface area contributed by atoms with Crippen molar-refractivity contribution in [3.05, 3.63) is 0 Å². The second-order valence-electron chi connectivity index (χ2n) is 2.02. The average Bonchev–Trinajstić information content (AvgIpc) is 1.81. The van der Waals surface area contributed by atoms with Crippen LogP contribution < -0.4 is 0 Å². The molecule has 0 aliphatic rings. The Morgan fingerprint density at radius 3 is 2.33 bits per heavy atom. The largest absolute Gasteiger partial charge is 0.303 e. The number of aldehydes is 1. The monoisotopic (exact) mass is 169 g/mol. The van der Waals surface area contributed by atoms with Gasteiger partial charge >= 0.3 is 0 Å². The van der Waals surface area contributed by atoms with E-state index >= 15 is 0 Å². The van der Waals surface area contributed by atoms with Gasteiger partial charge in [-0.1, -0.05) is 26.2 Å². The minimum Gasteiger partial charge on any atom is -0.303 e. The minimum atomic E-state index is 0. The fourth-order valence-corrected chi connectivity index (χ4v) is 0.654. The summed E-state index contributed by atoms with van der Waals surface area (Å²) in [5, 5.41) is 0. The van der Waals surface area contributed by atoms with Crippen molar-refractivity contribution in [2.24, 2.45) is 0 Å². The first kappa shape index (κ1) is 11.9. The van der Waals surface area contributed by atoms with E-state index in [2.05, 4.69) is 6.92 Å². The molecule has 0 saturated heterocycles. The summed E-state index contributed by atoms with van der Waals surface area (Å²) < 4.78 is 0. The molecular weight excluding hydrogens is 155 g/mol. The van der Waals surface area contributed by atoms with Crippen molar-refractivity contribution in [3.63, 3.8) is 0 Å². The Morgan fingerprint density at radius 1 is 1.22 bits per heavy atom. The van der Waals surface area contributed by atoms with Gasteiger partial charge in [0.05, 0.1) is 0 Å². The zero-order valence-corrected chi connectivity index (χ0v) is 7.08. The maximum Gasteiger partial charge on any atom is 0.119 e. The Bertz CT molecular complexity index is 54.9. The fourth-order valence-electron chi connectivity index (χ4n) is 0.654. The van der Waals surface area contributed by atoms with Gasteiger partial charge in [0.2, 0.25) is 0 Å². The van der Waals surface area contributed by atoms with Gasteiger partial charge in [-0.15, -0.1) is 0 Å². The van der Waals surface area contributed by atoms with Gasteiger partial charge in [-0.3, -0.25) is 0 Å². The van der Waals surface area contributed by atoms with E-state index in [0.29, 0.717) is 0 Å². The normalized spacial score (nSPS) is 8.11. The summed E-state index contributed by atoms with van der Waals surface area (Å²) in [6.07, 6.45) is 6.56.